The number of carboxylic acids is 1. The molecule has 2 atom stereocenters. The van der Waals surface area contributed by atoms with E-state index in [0.29, 0.717) is 23.1 Å². The van der Waals surface area contributed by atoms with Gasteiger partial charge in [-0.25, -0.2) is 4.79 Å². The summed E-state index contributed by atoms with van der Waals surface area (Å²) in [5, 5.41) is 11.6. The lowest BCUT2D eigenvalue weighted by molar-refractivity contribution is -0.126. The van der Waals surface area contributed by atoms with Crippen molar-refractivity contribution in [1.82, 2.24) is 0 Å². The van der Waals surface area contributed by atoms with Crippen molar-refractivity contribution in [2.45, 2.75) is 25.0 Å². The van der Waals surface area contributed by atoms with Gasteiger partial charge in [0.2, 0.25) is 0 Å². The minimum absolute atomic E-state index is 0.0807. The lowest BCUT2D eigenvalue weighted by Gasteiger charge is -2.13. The van der Waals surface area contributed by atoms with Crippen LogP contribution < -0.4 is 11.1 Å². The van der Waals surface area contributed by atoms with E-state index < -0.39 is 12.1 Å². The second kappa shape index (κ2) is 6.34. The second-order valence-corrected chi connectivity index (χ2v) is 5.50. The van der Waals surface area contributed by atoms with Crippen LogP contribution in [-0.4, -0.2) is 35.7 Å². The summed E-state index contributed by atoms with van der Waals surface area (Å²) in [5.74, 6) is -1.34. The van der Waals surface area contributed by atoms with E-state index in [4.69, 9.17) is 15.6 Å². The zero-order chi connectivity index (χ0) is 14.7. The molecule has 0 spiro atoms. The summed E-state index contributed by atoms with van der Waals surface area (Å²) in [6, 6.07) is 4.51. The molecule has 2 unspecified atom stereocenters. The van der Waals surface area contributed by atoms with Gasteiger partial charge in [0.05, 0.1) is 11.7 Å². The van der Waals surface area contributed by atoms with Gasteiger partial charge in [-0.1, -0.05) is 15.9 Å². The summed E-state index contributed by atoms with van der Waals surface area (Å²) in [7, 11) is 0. The number of carbonyl (C=O) groups excluding carboxylic acids is 1. The van der Waals surface area contributed by atoms with Crippen LogP contribution in [0.2, 0.25) is 0 Å². The monoisotopic (exact) mass is 342 g/mol. The third-order valence-corrected chi connectivity index (χ3v) is 3.53. The number of nitrogens with two attached hydrogens (primary N) is 1. The molecule has 2 rings (SSSR count). The van der Waals surface area contributed by atoms with Gasteiger partial charge in [0.25, 0.3) is 5.91 Å². The van der Waals surface area contributed by atoms with Crippen LogP contribution in [0.3, 0.4) is 0 Å². The highest BCUT2D eigenvalue weighted by Gasteiger charge is 2.29. The van der Waals surface area contributed by atoms with Crippen molar-refractivity contribution < 1.29 is 19.4 Å². The van der Waals surface area contributed by atoms with Crippen LogP contribution in [-0.2, 0) is 9.53 Å². The number of halogens is 1. The van der Waals surface area contributed by atoms with E-state index in [1.165, 1.54) is 12.1 Å². The van der Waals surface area contributed by atoms with Crippen molar-refractivity contribution in [2.75, 3.05) is 11.9 Å². The maximum atomic E-state index is 12.0. The summed E-state index contributed by atoms with van der Waals surface area (Å²) >= 11 is 3.21. The molecule has 1 aromatic carbocycles. The highest BCUT2D eigenvalue weighted by atomic mass is 79.9. The van der Waals surface area contributed by atoms with Crippen molar-refractivity contribution in [3.63, 3.8) is 0 Å². The fourth-order valence-electron chi connectivity index (χ4n) is 2.08. The Kier molecular flexibility index (Phi) is 4.74. The standard InChI is InChI=1S/C13H15BrN2O4/c14-8-3-7(13(18)19)4-9(5-8)16-12(17)11-2-1-10(6-15)20-11/h3-5,10-11H,1-2,6,15H2,(H,16,17)(H,18,19). The molecule has 7 heteroatoms. The number of hydrogen-bond acceptors (Lipinski definition) is 4. The first-order chi connectivity index (χ1) is 9.49. The lowest BCUT2D eigenvalue weighted by Crippen LogP contribution is -2.29. The van der Waals surface area contributed by atoms with Crippen LogP contribution in [0.25, 0.3) is 0 Å². The third kappa shape index (κ3) is 3.56. The van der Waals surface area contributed by atoms with Crippen LogP contribution in [0.15, 0.2) is 22.7 Å². The van der Waals surface area contributed by atoms with Gasteiger partial charge in [0.1, 0.15) is 6.10 Å². The zero-order valence-corrected chi connectivity index (χ0v) is 12.2. The minimum Gasteiger partial charge on any atom is -0.478 e. The minimum atomic E-state index is -1.05. The Morgan fingerprint density at radius 3 is 2.75 bits per heavy atom. The maximum Gasteiger partial charge on any atom is 0.335 e. The zero-order valence-electron chi connectivity index (χ0n) is 10.6. The molecule has 108 valence electrons. The predicted molar refractivity (Wildman–Crippen MR) is 76.7 cm³/mol. The molecular formula is C13H15BrN2O4. The predicted octanol–water partition coefficient (Wildman–Crippen LogP) is 1.59. The number of aromatic carboxylic acids is 1. The number of ether oxygens (including phenoxy) is 1. The first-order valence-electron chi connectivity index (χ1n) is 6.20. The molecule has 20 heavy (non-hydrogen) atoms. The van der Waals surface area contributed by atoms with E-state index in [1.54, 1.807) is 6.07 Å². The van der Waals surface area contributed by atoms with Gasteiger partial charge in [-0.3, -0.25) is 4.79 Å². The van der Waals surface area contributed by atoms with Crippen molar-refractivity contribution in [2.24, 2.45) is 5.73 Å². The first kappa shape index (κ1) is 15.0. The Bertz CT molecular complexity index is 535. The normalized spacial score (nSPS) is 21.7. The van der Waals surface area contributed by atoms with Crippen LogP contribution in [0.4, 0.5) is 5.69 Å². The summed E-state index contributed by atoms with van der Waals surface area (Å²) in [6.07, 6.45) is 0.764. The SMILES string of the molecule is NCC1CCC(C(=O)Nc2cc(Br)cc(C(=O)O)c2)O1. The van der Waals surface area contributed by atoms with E-state index in [9.17, 15) is 9.59 Å². The van der Waals surface area contributed by atoms with E-state index in [2.05, 4.69) is 21.2 Å². The summed E-state index contributed by atoms with van der Waals surface area (Å²) < 4.78 is 6.07. The smallest absolute Gasteiger partial charge is 0.335 e. The number of carbonyl (C=O) groups is 2. The Balaban J connectivity index is 2.06. The number of nitrogens with one attached hydrogen (secondary N) is 1. The molecule has 0 radical (unpaired) electrons. The average molecular weight is 343 g/mol. The summed E-state index contributed by atoms with van der Waals surface area (Å²) in [6.45, 7) is 0.393. The summed E-state index contributed by atoms with van der Waals surface area (Å²) in [5.41, 5.74) is 6.01. The van der Waals surface area contributed by atoms with Gasteiger partial charge in [-0.05, 0) is 31.0 Å². The average Bonchev–Trinajstić information content (AvgIpc) is 2.86. The second-order valence-electron chi connectivity index (χ2n) is 4.58. The van der Waals surface area contributed by atoms with Crippen LogP contribution >= 0.6 is 15.9 Å². The van der Waals surface area contributed by atoms with E-state index in [0.717, 1.165) is 6.42 Å². The molecule has 4 N–H and O–H groups in total. The number of benzene rings is 1. The van der Waals surface area contributed by atoms with E-state index in [-0.39, 0.29) is 17.6 Å². The van der Waals surface area contributed by atoms with E-state index in [1.807, 2.05) is 0 Å². The Hall–Kier alpha value is -1.44. The molecule has 0 bridgehead atoms. The number of rotatable bonds is 4. The number of anilines is 1. The van der Waals surface area contributed by atoms with Gasteiger partial charge < -0.3 is 20.9 Å². The van der Waals surface area contributed by atoms with Crippen LogP contribution in [0.1, 0.15) is 23.2 Å². The molecule has 0 aromatic heterocycles. The van der Waals surface area contributed by atoms with Gasteiger partial charge in [-0.2, -0.15) is 0 Å². The van der Waals surface area contributed by atoms with Crippen LogP contribution in [0, 0.1) is 0 Å². The quantitative estimate of drug-likeness (QED) is 0.771. The molecule has 0 aliphatic carbocycles. The van der Waals surface area contributed by atoms with E-state index >= 15 is 0 Å². The van der Waals surface area contributed by atoms with Gasteiger partial charge >= 0.3 is 5.97 Å². The maximum absolute atomic E-state index is 12.0. The fourth-order valence-corrected chi connectivity index (χ4v) is 2.57. The third-order valence-electron chi connectivity index (χ3n) is 3.08. The van der Waals surface area contributed by atoms with Gasteiger partial charge in [0, 0.05) is 16.7 Å². The molecule has 1 aromatic rings. The Morgan fingerprint density at radius 1 is 1.40 bits per heavy atom. The molecule has 6 nitrogen and oxygen atoms in total. The van der Waals surface area contributed by atoms with Crippen molar-refractivity contribution in [3.05, 3.63) is 28.2 Å². The Labute approximate surface area is 124 Å². The number of hydrogen-bond donors (Lipinski definition) is 3. The largest absolute Gasteiger partial charge is 0.478 e. The van der Waals surface area contributed by atoms with Gasteiger partial charge in [0.15, 0.2) is 0 Å². The molecule has 0 saturated carbocycles. The van der Waals surface area contributed by atoms with Crippen molar-refractivity contribution in [1.29, 1.82) is 0 Å². The molecule has 1 aliphatic heterocycles. The number of carboxylic acid groups (broad SMARTS) is 1. The van der Waals surface area contributed by atoms with Crippen LogP contribution in [0.5, 0.6) is 0 Å². The Morgan fingerprint density at radius 2 is 2.15 bits per heavy atom. The van der Waals surface area contributed by atoms with Crippen molar-refractivity contribution in [3.8, 4) is 0 Å². The number of amides is 1. The van der Waals surface area contributed by atoms with Gasteiger partial charge in [-0.15, -0.1) is 0 Å². The molecule has 1 fully saturated rings. The first-order valence-corrected chi connectivity index (χ1v) is 6.99. The fraction of sp³-hybridized carbons (Fsp3) is 0.385. The lowest BCUT2D eigenvalue weighted by atomic mass is 10.1. The molecule has 1 saturated heterocycles. The van der Waals surface area contributed by atoms with Crippen molar-refractivity contribution >= 4 is 33.5 Å². The molecule has 1 heterocycles. The molecule has 1 amide bonds. The molecule has 1 aliphatic rings. The molecular weight excluding hydrogens is 328 g/mol. The highest BCUT2D eigenvalue weighted by Crippen LogP contribution is 2.23. The summed E-state index contributed by atoms with van der Waals surface area (Å²) in [4.78, 5) is 23.0. The highest BCUT2D eigenvalue weighted by molar-refractivity contribution is 9.10. The topological polar surface area (TPSA) is 102 Å².